The Morgan fingerprint density at radius 3 is 3.21 bits per heavy atom. The van der Waals surface area contributed by atoms with Gasteiger partial charge in [0.05, 0.1) is 12.0 Å². The molecule has 0 spiro atoms. The molecule has 102 valence electrons. The van der Waals surface area contributed by atoms with E-state index in [1.165, 1.54) is 11.3 Å². The first kappa shape index (κ1) is 12.6. The highest BCUT2D eigenvalue weighted by Crippen LogP contribution is 2.28. The molecule has 2 atom stereocenters. The summed E-state index contributed by atoms with van der Waals surface area (Å²) in [4.78, 5) is 30.2. The lowest BCUT2D eigenvalue weighted by Crippen LogP contribution is -2.48. The summed E-state index contributed by atoms with van der Waals surface area (Å²) >= 11 is 1.40. The molecule has 19 heavy (non-hydrogen) atoms. The second kappa shape index (κ2) is 4.90. The van der Waals surface area contributed by atoms with E-state index in [1.54, 1.807) is 10.3 Å². The molecule has 2 saturated heterocycles. The Labute approximate surface area is 115 Å². The smallest absolute Gasteiger partial charge is 0.273 e. The van der Waals surface area contributed by atoms with Gasteiger partial charge in [-0.2, -0.15) is 0 Å². The van der Waals surface area contributed by atoms with Gasteiger partial charge in [0.15, 0.2) is 0 Å². The molecule has 0 saturated carbocycles. The summed E-state index contributed by atoms with van der Waals surface area (Å²) in [7, 11) is 0. The summed E-state index contributed by atoms with van der Waals surface area (Å²) in [6.45, 7) is 1.61. The molecular weight excluding hydrogens is 264 g/mol. The van der Waals surface area contributed by atoms with Crippen LogP contribution < -0.4 is 11.1 Å². The third-order valence-corrected chi connectivity index (χ3v) is 4.68. The van der Waals surface area contributed by atoms with Gasteiger partial charge in [-0.1, -0.05) is 0 Å². The van der Waals surface area contributed by atoms with E-state index in [0.29, 0.717) is 25.3 Å². The standard InChI is InChI=1S/C12H16N4O2S/c13-4-10-15-8(6-19-10)12(18)16-3-1-2-7-9(16)5-14-11(7)17/h6-7,9H,1-5,13H2,(H,14,17). The molecule has 0 aromatic carbocycles. The summed E-state index contributed by atoms with van der Waals surface area (Å²) in [6.07, 6.45) is 1.74. The van der Waals surface area contributed by atoms with Gasteiger partial charge in [-0.15, -0.1) is 11.3 Å². The van der Waals surface area contributed by atoms with Crippen LogP contribution in [0.15, 0.2) is 5.38 Å². The van der Waals surface area contributed by atoms with Crippen molar-refractivity contribution in [3.63, 3.8) is 0 Å². The van der Waals surface area contributed by atoms with Gasteiger partial charge in [0.1, 0.15) is 10.7 Å². The fraction of sp³-hybridized carbons (Fsp3) is 0.583. The lowest BCUT2D eigenvalue weighted by Gasteiger charge is -2.35. The number of aromatic nitrogens is 1. The maximum atomic E-state index is 12.5. The topological polar surface area (TPSA) is 88.3 Å². The van der Waals surface area contributed by atoms with Crippen LogP contribution in [0.2, 0.25) is 0 Å². The molecule has 1 aromatic heterocycles. The number of carbonyl (C=O) groups excluding carboxylic acids is 2. The van der Waals surface area contributed by atoms with Crippen molar-refractivity contribution in [3.8, 4) is 0 Å². The highest BCUT2D eigenvalue weighted by molar-refractivity contribution is 7.09. The van der Waals surface area contributed by atoms with Gasteiger partial charge < -0.3 is 16.0 Å². The van der Waals surface area contributed by atoms with Crippen LogP contribution in [-0.4, -0.2) is 40.8 Å². The van der Waals surface area contributed by atoms with E-state index < -0.39 is 0 Å². The second-order valence-electron chi connectivity index (χ2n) is 4.89. The number of piperidine rings is 1. The SMILES string of the molecule is NCc1nc(C(=O)N2CCCC3C(=O)NCC32)cs1. The second-order valence-corrected chi connectivity index (χ2v) is 5.83. The fourth-order valence-electron chi connectivity index (χ4n) is 2.85. The molecule has 1 aromatic rings. The zero-order valence-corrected chi connectivity index (χ0v) is 11.3. The van der Waals surface area contributed by atoms with Crippen LogP contribution >= 0.6 is 11.3 Å². The van der Waals surface area contributed by atoms with Crippen molar-refractivity contribution in [2.75, 3.05) is 13.1 Å². The quantitative estimate of drug-likeness (QED) is 0.795. The first-order chi connectivity index (χ1) is 9.20. The van der Waals surface area contributed by atoms with E-state index in [9.17, 15) is 9.59 Å². The van der Waals surface area contributed by atoms with Crippen LogP contribution in [0.25, 0.3) is 0 Å². The number of hydrogen-bond acceptors (Lipinski definition) is 5. The number of rotatable bonds is 2. The first-order valence-electron chi connectivity index (χ1n) is 6.44. The Kier molecular flexibility index (Phi) is 3.24. The molecule has 2 fully saturated rings. The summed E-state index contributed by atoms with van der Waals surface area (Å²) < 4.78 is 0. The molecule has 2 amide bonds. The number of nitrogens with zero attached hydrogens (tertiary/aromatic N) is 2. The van der Waals surface area contributed by atoms with Crippen molar-refractivity contribution in [2.45, 2.75) is 25.4 Å². The summed E-state index contributed by atoms with van der Waals surface area (Å²) in [5.74, 6) is -0.0594. The van der Waals surface area contributed by atoms with Crippen LogP contribution in [0.5, 0.6) is 0 Å². The van der Waals surface area contributed by atoms with E-state index in [4.69, 9.17) is 5.73 Å². The zero-order chi connectivity index (χ0) is 13.4. The third-order valence-electron chi connectivity index (χ3n) is 3.81. The van der Waals surface area contributed by atoms with Crippen LogP contribution in [0.4, 0.5) is 0 Å². The predicted molar refractivity (Wildman–Crippen MR) is 70.6 cm³/mol. The molecule has 0 bridgehead atoms. The highest BCUT2D eigenvalue weighted by atomic mass is 32.1. The number of carbonyl (C=O) groups is 2. The van der Waals surface area contributed by atoms with Gasteiger partial charge in [-0.3, -0.25) is 9.59 Å². The average Bonchev–Trinajstić information content (AvgIpc) is 3.05. The Morgan fingerprint density at radius 2 is 2.47 bits per heavy atom. The van der Waals surface area contributed by atoms with Gasteiger partial charge in [-0.25, -0.2) is 4.98 Å². The van der Waals surface area contributed by atoms with Gasteiger partial charge >= 0.3 is 0 Å². The van der Waals surface area contributed by atoms with E-state index in [-0.39, 0.29) is 23.8 Å². The van der Waals surface area contributed by atoms with E-state index in [0.717, 1.165) is 17.8 Å². The van der Waals surface area contributed by atoms with Gasteiger partial charge in [0.2, 0.25) is 5.91 Å². The maximum absolute atomic E-state index is 12.5. The summed E-state index contributed by atoms with van der Waals surface area (Å²) in [5.41, 5.74) is 5.96. The Hall–Kier alpha value is -1.47. The highest BCUT2D eigenvalue weighted by Gasteiger charge is 2.43. The van der Waals surface area contributed by atoms with Crippen LogP contribution in [0.1, 0.15) is 28.3 Å². The molecule has 3 N–H and O–H groups in total. The van der Waals surface area contributed by atoms with E-state index in [1.807, 2.05) is 0 Å². The fourth-order valence-corrected chi connectivity index (χ4v) is 3.50. The Balaban J connectivity index is 1.81. The molecular formula is C12H16N4O2S. The third kappa shape index (κ3) is 2.12. The predicted octanol–water partition coefficient (Wildman–Crippen LogP) is -0.0476. The first-order valence-corrected chi connectivity index (χ1v) is 7.32. The molecule has 0 radical (unpaired) electrons. The molecule has 6 nitrogen and oxygen atoms in total. The number of hydrogen-bond donors (Lipinski definition) is 2. The number of fused-ring (bicyclic) bond motifs is 1. The number of thiazole rings is 1. The van der Waals surface area contributed by atoms with Crippen LogP contribution in [0, 0.1) is 5.92 Å². The Morgan fingerprint density at radius 1 is 1.63 bits per heavy atom. The summed E-state index contributed by atoms with van der Waals surface area (Å²) in [5, 5.41) is 5.35. The van der Waals surface area contributed by atoms with Crippen LogP contribution in [0.3, 0.4) is 0 Å². The monoisotopic (exact) mass is 280 g/mol. The van der Waals surface area contributed by atoms with Crippen molar-refractivity contribution in [3.05, 3.63) is 16.1 Å². The average molecular weight is 280 g/mol. The minimum absolute atomic E-state index is 0.0169. The van der Waals surface area contributed by atoms with Crippen molar-refractivity contribution < 1.29 is 9.59 Å². The zero-order valence-electron chi connectivity index (χ0n) is 10.5. The Bertz CT molecular complexity index is 516. The van der Waals surface area contributed by atoms with Crippen molar-refractivity contribution in [2.24, 2.45) is 11.7 Å². The molecule has 0 aliphatic carbocycles. The van der Waals surface area contributed by atoms with E-state index in [2.05, 4.69) is 10.3 Å². The van der Waals surface area contributed by atoms with Crippen molar-refractivity contribution in [1.29, 1.82) is 0 Å². The number of nitrogens with two attached hydrogens (primary N) is 1. The molecule has 3 heterocycles. The van der Waals surface area contributed by atoms with Gasteiger partial charge in [0, 0.05) is 25.0 Å². The van der Waals surface area contributed by atoms with E-state index >= 15 is 0 Å². The summed E-state index contributed by atoms with van der Waals surface area (Å²) in [6, 6.07) is -0.0169. The largest absolute Gasteiger partial charge is 0.354 e. The number of likely N-dealkylation sites (tertiary alicyclic amines) is 1. The molecule has 2 aliphatic rings. The van der Waals surface area contributed by atoms with Crippen molar-refractivity contribution >= 4 is 23.2 Å². The maximum Gasteiger partial charge on any atom is 0.273 e. The minimum atomic E-state index is -0.0813. The van der Waals surface area contributed by atoms with Crippen molar-refractivity contribution in [1.82, 2.24) is 15.2 Å². The van der Waals surface area contributed by atoms with Gasteiger partial charge in [0.25, 0.3) is 5.91 Å². The molecule has 3 rings (SSSR count). The number of amides is 2. The number of nitrogens with one attached hydrogen (secondary N) is 1. The molecule has 2 unspecified atom stereocenters. The van der Waals surface area contributed by atoms with Gasteiger partial charge in [-0.05, 0) is 12.8 Å². The minimum Gasteiger partial charge on any atom is -0.354 e. The van der Waals surface area contributed by atoms with Crippen LogP contribution in [-0.2, 0) is 11.3 Å². The molecule has 2 aliphatic heterocycles. The molecule has 7 heteroatoms. The lowest BCUT2D eigenvalue weighted by atomic mass is 9.91. The lowest BCUT2D eigenvalue weighted by molar-refractivity contribution is -0.123. The normalized spacial score (nSPS) is 26.2.